The highest BCUT2D eigenvalue weighted by Crippen LogP contribution is 2.48. The van der Waals surface area contributed by atoms with Crippen LogP contribution in [0.3, 0.4) is 0 Å². The van der Waals surface area contributed by atoms with E-state index in [1.807, 2.05) is 7.05 Å². The summed E-state index contributed by atoms with van der Waals surface area (Å²) in [7, 11) is 1.82. The number of ether oxygens (including phenoxy) is 2. The number of aromatic nitrogens is 3. The van der Waals surface area contributed by atoms with Gasteiger partial charge in [0.2, 0.25) is 5.88 Å². The van der Waals surface area contributed by atoms with Crippen molar-refractivity contribution in [2.45, 2.75) is 56.0 Å². The van der Waals surface area contributed by atoms with Crippen molar-refractivity contribution in [1.29, 1.82) is 0 Å². The van der Waals surface area contributed by atoms with Crippen molar-refractivity contribution in [3.63, 3.8) is 0 Å². The Kier molecular flexibility index (Phi) is 7.59. The smallest absolute Gasteiger partial charge is 0.418 e. The van der Waals surface area contributed by atoms with Gasteiger partial charge in [-0.25, -0.2) is 13.8 Å². The number of nitrogen functional groups attached to an aromatic ring is 1. The maximum Gasteiger partial charge on any atom is 0.418 e. The van der Waals surface area contributed by atoms with Crippen LogP contribution >= 0.6 is 11.6 Å². The molecule has 3 aliphatic heterocycles. The van der Waals surface area contributed by atoms with E-state index in [9.17, 15) is 17.6 Å². The Morgan fingerprint density at radius 3 is 2.78 bits per heavy atom. The normalized spacial score (nSPS) is 26.2. The zero-order valence-corrected chi connectivity index (χ0v) is 25.3. The van der Waals surface area contributed by atoms with E-state index in [4.69, 9.17) is 31.8 Å². The predicted molar refractivity (Wildman–Crippen MR) is 159 cm³/mol. The molecule has 1 saturated carbocycles. The summed E-state index contributed by atoms with van der Waals surface area (Å²) in [5.74, 6) is -0.795. The molecular formula is C30H33ClF5N7O2. The van der Waals surface area contributed by atoms with Gasteiger partial charge in [0.05, 0.1) is 22.7 Å². The SMILES string of the molecule is CNCCN1c2nc(OC[C@@]34CCCN3C[C@H](F)C4)nc3c(F)c(-c4cc(N)cc(Cl)c4C(F)(F)F)nc(c23)OCC2CCC21. The fourth-order valence-electron chi connectivity index (χ4n) is 7.41. The first kappa shape index (κ1) is 30.4. The maximum absolute atomic E-state index is 16.7. The molecule has 0 amide bonds. The second kappa shape index (κ2) is 11.2. The first-order valence-corrected chi connectivity index (χ1v) is 15.5. The number of pyridine rings is 1. The molecule has 242 valence electrons. The molecule has 3 fully saturated rings. The van der Waals surface area contributed by atoms with Crippen LogP contribution in [-0.2, 0) is 6.18 Å². The standard InChI is InChI=1S/C30H33ClF5N7O2/c1-38-6-8-43-20-4-3-15(20)13-44-27-21-25(23(33)24(39-27)18-9-17(37)10-19(31)22(18)30(34,35)36)40-28(41-26(21)43)45-14-29-5-2-7-42(29)12-16(32)11-29/h9-10,15-16,20,38H,2-8,11-14,37H2,1H3/t15?,16-,20?,29+/m1/s1. The summed E-state index contributed by atoms with van der Waals surface area (Å²) in [6, 6.07) is 1.83. The van der Waals surface area contributed by atoms with Crippen LogP contribution in [0, 0.1) is 11.7 Å². The Hall–Kier alpha value is -3.23. The second-order valence-corrected chi connectivity index (χ2v) is 12.8. The number of hydrogen-bond donors (Lipinski definition) is 2. The average Bonchev–Trinajstić information content (AvgIpc) is 3.48. The number of anilines is 2. The lowest BCUT2D eigenvalue weighted by Gasteiger charge is -2.46. The highest BCUT2D eigenvalue weighted by atomic mass is 35.5. The molecule has 9 nitrogen and oxygen atoms in total. The summed E-state index contributed by atoms with van der Waals surface area (Å²) < 4.78 is 86.2. The Morgan fingerprint density at radius 1 is 1.22 bits per heavy atom. The number of benzene rings is 1. The molecule has 3 N–H and O–H groups in total. The third-order valence-corrected chi connectivity index (χ3v) is 9.98. The number of hydrogen-bond acceptors (Lipinski definition) is 9. The molecule has 45 heavy (non-hydrogen) atoms. The van der Waals surface area contributed by atoms with Crippen molar-refractivity contribution in [3.05, 3.63) is 28.5 Å². The van der Waals surface area contributed by atoms with Crippen LogP contribution in [0.25, 0.3) is 22.2 Å². The summed E-state index contributed by atoms with van der Waals surface area (Å²) in [6.07, 6.45) is -2.25. The number of halogens is 6. The number of fused-ring (bicyclic) bond motifs is 2. The van der Waals surface area contributed by atoms with Crippen molar-refractivity contribution in [3.8, 4) is 23.1 Å². The van der Waals surface area contributed by atoms with Gasteiger partial charge in [-0.3, -0.25) is 4.90 Å². The minimum absolute atomic E-state index is 0.0378. The molecule has 3 aromatic rings. The first-order valence-electron chi connectivity index (χ1n) is 15.1. The molecule has 0 spiro atoms. The van der Waals surface area contributed by atoms with E-state index in [1.54, 1.807) is 0 Å². The fraction of sp³-hybridized carbons (Fsp3) is 0.567. The number of rotatable bonds is 7. The van der Waals surface area contributed by atoms with E-state index in [2.05, 4.69) is 25.1 Å². The molecule has 2 unspecified atom stereocenters. The van der Waals surface area contributed by atoms with E-state index < -0.39 is 45.5 Å². The van der Waals surface area contributed by atoms with Crippen molar-refractivity contribution in [2.24, 2.45) is 5.92 Å². The predicted octanol–water partition coefficient (Wildman–Crippen LogP) is 5.24. The van der Waals surface area contributed by atoms with Gasteiger partial charge in [-0.2, -0.15) is 23.1 Å². The highest BCUT2D eigenvalue weighted by molar-refractivity contribution is 6.32. The largest absolute Gasteiger partial charge is 0.477 e. The van der Waals surface area contributed by atoms with Crippen LogP contribution in [0.2, 0.25) is 5.02 Å². The summed E-state index contributed by atoms with van der Waals surface area (Å²) in [5, 5.41) is 2.59. The number of nitrogens with zero attached hydrogens (tertiary/aromatic N) is 5. The van der Waals surface area contributed by atoms with E-state index >= 15 is 4.39 Å². The second-order valence-electron chi connectivity index (χ2n) is 12.4. The zero-order chi connectivity index (χ0) is 31.7. The molecule has 4 atom stereocenters. The van der Waals surface area contributed by atoms with Crippen molar-refractivity contribution in [1.82, 2.24) is 25.2 Å². The highest BCUT2D eigenvalue weighted by Gasteiger charge is 2.50. The van der Waals surface area contributed by atoms with Crippen LogP contribution in [0.1, 0.15) is 37.7 Å². The number of alkyl halides is 4. The van der Waals surface area contributed by atoms with Crippen LogP contribution in [0.15, 0.2) is 12.1 Å². The van der Waals surface area contributed by atoms with Gasteiger partial charge in [-0.05, 0) is 51.4 Å². The number of likely N-dealkylation sites (N-methyl/N-ethyl adjacent to an activating group) is 1. The van der Waals surface area contributed by atoms with Crippen molar-refractivity contribution < 1.29 is 31.4 Å². The lowest BCUT2D eigenvalue weighted by molar-refractivity contribution is -0.137. The van der Waals surface area contributed by atoms with Crippen molar-refractivity contribution >= 4 is 34.0 Å². The number of nitrogens with two attached hydrogens (primary N) is 1. The summed E-state index contributed by atoms with van der Waals surface area (Å²) in [5.41, 5.74) is 2.40. The van der Waals surface area contributed by atoms with Gasteiger partial charge >= 0.3 is 12.2 Å². The summed E-state index contributed by atoms with van der Waals surface area (Å²) in [4.78, 5) is 17.6. The van der Waals surface area contributed by atoms with Gasteiger partial charge in [-0.1, -0.05) is 11.6 Å². The molecule has 2 saturated heterocycles. The number of nitrogens with one attached hydrogen (secondary N) is 1. The average molecular weight is 654 g/mol. The van der Waals surface area contributed by atoms with E-state index in [1.165, 1.54) is 0 Å². The lowest BCUT2D eigenvalue weighted by atomic mass is 9.78. The minimum atomic E-state index is -4.94. The van der Waals surface area contributed by atoms with E-state index in [-0.39, 0.29) is 53.7 Å². The molecule has 1 aliphatic carbocycles. The van der Waals surface area contributed by atoms with Crippen molar-refractivity contribution in [2.75, 3.05) is 57.1 Å². The molecule has 7 rings (SSSR count). The third kappa shape index (κ3) is 5.18. The Bertz CT molecular complexity index is 1640. The molecule has 2 aromatic heterocycles. The Morgan fingerprint density at radius 2 is 2.04 bits per heavy atom. The molecule has 15 heteroatoms. The van der Waals surface area contributed by atoms with Crippen LogP contribution in [0.4, 0.5) is 33.5 Å². The van der Waals surface area contributed by atoms with Gasteiger partial charge in [0, 0.05) is 49.3 Å². The van der Waals surface area contributed by atoms with Crippen LogP contribution in [0.5, 0.6) is 11.9 Å². The molecule has 1 aromatic carbocycles. The molecular weight excluding hydrogens is 621 g/mol. The van der Waals surface area contributed by atoms with Gasteiger partial charge in [0.25, 0.3) is 0 Å². The fourth-order valence-corrected chi connectivity index (χ4v) is 7.75. The molecule has 4 aliphatic rings. The Labute approximate surface area is 261 Å². The van der Waals surface area contributed by atoms with Gasteiger partial charge in [-0.15, -0.1) is 0 Å². The molecule has 5 heterocycles. The molecule has 0 bridgehead atoms. The van der Waals surface area contributed by atoms with E-state index in [0.717, 1.165) is 44.4 Å². The molecule has 0 radical (unpaired) electrons. The van der Waals surface area contributed by atoms with Gasteiger partial charge in [0.15, 0.2) is 5.82 Å². The monoisotopic (exact) mass is 653 g/mol. The summed E-state index contributed by atoms with van der Waals surface area (Å²) >= 11 is 6.02. The lowest BCUT2D eigenvalue weighted by Crippen LogP contribution is -2.52. The maximum atomic E-state index is 16.7. The zero-order valence-electron chi connectivity index (χ0n) is 24.6. The summed E-state index contributed by atoms with van der Waals surface area (Å²) in [6.45, 7) is 2.50. The Balaban J connectivity index is 1.42. The third-order valence-electron chi connectivity index (χ3n) is 9.68. The van der Waals surface area contributed by atoms with Gasteiger partial charge < -0.3 is 25.4 Å². The minimum Gasteiger partial charge on any atom is -0.477 e. The van der Waals surface area contributed by atoms with Crippen LogP contribution < -0.4 is 25.4 Å². The first-order chi connectivity index (χ1) is 21.5. The van der Waals surface area contributed by atoms with Crippen LogP contribution in [-0.4, -0.2) is 84.0 Å². The topological polar surface area (TPSA) is 102 Å². The van der Waals surface area contributed by atoms with E-state index in [0.29, 0.717) is 31.9 Å². The van der Waals surface area contributed by atoms with Gasteiger partial charge in [0.1, 0.15) is 35.2 Å². The quantitative estimate of drug-likeness (QED) is 0.262.